The van der Waals surface area contributed by atoms with Gasteiger partial charge in [-0.2, -0.15) is 0 Å². The first-order chi connectivity index (χ1) is 8.06. The average molecular weight is 240 g/mol. The standard InChI is InChI=1S/C13H20O4/c1-3-17-13(16)11(9(2)14)8-12(15)10-6-4-5-7-10/h10-11H,3-8H2,1-2H3. The van der Waals surface area contributed by atoms with Crippen LogP contribution in [0.4, 0.5) is 0 Å². The van der Waals surface area contributed by atoms with Crippen LogP contribution in [0.25, 0.3) is 0 Å². The number of rotatable bonds is 6. The second-order valence-corrected chi connectivity index (χ2v) is 4.57. The topological polar surface area (TPSA) is 60.4 Å². The van der Waals surface area contributed by atoms with E-state index in [1.165, 1.54) is 6.92 Å². The molecule has 1 saturated carbocycles. The van der Waals surface area contributed by atoms with Gasteiger partial charge in [-0.3, -0.25) is 14.4 Å². The van der Waals surface area contributed by atoms with Gasteiger partial charge in [0.1, 0.15) is 17.5 Å². The minimum Gasteiger partial charge on any atom is -0.465 e. The zero-order valence-corrected chi connectivity index (χ0v) is 10.5. The van der Waals surface area contributed by atoms with E-state index in [1.54, 1.807) is 6.92 Å². The van der Waals surface area contributed by atoms with Crippen LogP contribution in [0.3, 0.4) is 0 Å². The summed E-state index contributed by atoms with van der Waals surface area (Å²) in [5.74, 6) is -1.66. The molecule has 0 saturated heterocycles. The minimum absolute atomic E-state index is 0.0127. The SMILES string of the molecule is CCOC(=O)C(CC(=O)C1CCCC1)C(C)=O. The summed E-state index contributed by atoms with van der Waals surface area (Å²) in [5, 5.41) is 0. The van der Waals surface area contributed by atoms with Gasteiger partial charge in [-0.05, 0) is 26.7 Å². The van der Waals surface area contributed by atoms with E-state index >= 15 is 0 Å². The molecule has 4 heteroatoms. The van der Waals surface area contributed by atoms with Gasteiger partial charge < -0.3 is 4.74 Å². The van der Waals surface area contributed by atoms with Crippen molar-refractivity contribution in [1.82, 2.24) is 0 Å². The molecule has 1 unspecified atom stereocenters. The van der Waals surface area contributed by atoms with Crippen LogP contribution in [-0.4, -0.2) is 24.1 Å². The van der Waals surface area contributed by atoms with Gasteiger partial charge in [-0.1, -0.05) is 12.8 Å². The summed E-state index contributed by atoms with van der Waals surface area (Å²) >= 11 is 0. The normalized spacial score (nSPS) is 17.8. The van der Waals surface area contributed by atoms with E-state index in [2.05, 4.69) is 0 Å². The Morgan fingerprint density at radius 3 is 2.29 bits per heavy atom. The fourth-order valence-corrected chi connectivity index (χ4v) is 2.25. The number of carbonyl (C=O) groups is 3. The van der Waals surface area contributed by atoms with Crippen molar-refractivity contribution in [3.8, 4) is 0 Å². The molecule has 1 aliphatic rings. The number of hydrogen-bond acceptors (Lipinski definition) is 4. The number of ketones is 2. The van der Waals surface area contributed by atoms with Crippen molar-refractivity contribution in [1.29, 1.82) is 0 Å². The fourth-order valence-electron chi connectivity index (χ4n) is 2.25. The molecule has 1 rings (SSSR count). The van der Waals surface area contributed by atoms with Crippen LogP contribution in [0.2, 0.25) is 0 Å². The van der Waals surface area contributed by atoms with Gasteiger partial charge in [-0.25, -0.2) is 0 Å². The molecule has 4 nitrogen and oxygen atoms in total. The lowest BCUT2D eigenvalue weighted by molar-refractivity contribution is -0.153. The third-order valence-corrected chi connectivity index (χ3v) is 3.28. The molecular formula is C13H20O4. The van der Waals surface area contributed by atoms with Gasteiger partial charge in [0, 0.05) is 12.3 Å². The second-order valence-electron chi connectivity index (χ2n) is 4.57. The summed E-state index contributed by atoms with van der Waals surface area (Å²) in [6.45, 7) is 3.26. The zero-order valence-electron chi connectivity index (χ0n) is 10.5. The van der Waals surface area contributed by atoms with Crippen LogP contribution < -0.4 is 0 Å². The van der Waals surface area contributed by atoms with Gasteiger partial charge in [0.25, 0.3) is 0 Å². The number of esters is 1. The monoisotopic (exact) mass is 240 g/mol. The molecule has 0 N–H and O–H groups in total. The predicted molar refractivity (Wildman–Crippen MR) is 62.4 cm³/mol. The van der Waals surface area contributed by atoms with Crippen molar-refractivity contribution in [2.75, 3.05) is 6.61 Å². The van der Waals surface area contributed by atoms with Crippen molar-refractivity contribution in [3.05, 3.63) is 0 Å². The Morgan fingerprint density at radius 1 is 1.24 bits per heavy atom. The molecule has 96 valence electrons. The molecular weight excluding hydrogens is 220 g/mol. The van der Waals surface area contributed by atoms with Crippen LogP contribution in [-0.2, 0) is 19.1 Å². The fraction of sp³-hybridized carbons (Fsp3) is 0.769. The first kappa shape index (κ1) is 13.9. The lowest BCUT2D eigenvalue weighted by Crippen LogP contribution is -2.28. The van der Waals surface area contributed by atoms with Crippen LogP contribution in [0.5, 0.6) is 0 Å². The lowest BCUT2D eigenvalue weighted by Gasteiger charge is -2.14. The quantitative estimate of drug-likeness (QED) is 0.525. The van der Waals surface area contributed by atoms with Crippen LogP contribution in [0, 0.1) is 11.8 Å². The molecule has 0 amide bonds. The molecule has 0 bridgehead atoms. The highest BCUT2D eigenvalue weighted by Gasteiger charge is 2.31. The maximum Gasteiger partial charge on any atom is 0.316 e. The number of carbonyl (C=O) groups excluding carboxylic acids is 3. The Hall–Kier alpha value is -1.19. The zero-order chi connectivity index (χ0) is 12.8. The summed E-state index contributed by atoms with van der Waals surface area (Å²) in [6.07, 6.45) is 3.94. The highest BCUT2D eigenvalue weighted by Crippen LogP contribution is 2.27. The van der Waals surface area contributed by atoms with Crippen molar-refractivity contribution in [3.63, 3.8) is 0 Å². The summed E-state index contributed by atoms with van der Waals surface area (Å²) in [7, 11) is 0. The average Bonchev–Trinajstić information content (AvgIpc) is 2.78. The van der Waals surface area contributed by atoms with Gasteiger partial charge in [-0.15, -0.1) is 0 Å². The minimum atomic E-state index is -0.900. The Morgan fingerprint density at radius 2 is 1.82 bits per heavy atom. The highest BCUT2D eigenvalue weighted by atomic mass is 16.5. The molecule has 1 atom stereocenters. The van der Waals surface area contributed by atoms with E-state index in [9.17, 15) is 14.4 Å². The van der Waals surface area contributed by atoms with Gasteiger partial charge >= 0.3 is 5.97 Å². The van der Waals surface area contributed by atoms with E-state index in [0.717, 1.165) is 25.7 Å². The number of Topliss-reactive ketones (excluding diaryl/α,β-unsaturated/α-hetero) is 2. The molecule has 0 aromatic carbocycles. The summed E-state index contributed by atoms with van der Waals surface area (Å²) in [5.41, 5.74) is 0. The van der Waals surface area contributed by atoms with Gasteiger partial charge in [0.05, 0.1) is 6.61 Å². The molecule has 0 spiro atoms. The molecule has 1 aliphatic carbocycles. The largest absolute Gasteiger partial charge is 0.465 e. The molecule has 1 fully saturated rings. The van der Waals surface area contributed by atoms with E-state index in [-0.39, 0.29) is 30.5 Å². The van der Waals surface area contributed by atoms with E-state index < -0.39 is 11.9 Å². The van der Waals surface area contributed by atoms with E-state index in [1.807, 2.05) is 0 Å². The van der Waals surface area contributed by atoms with Crippen molar-refractivity contribution in [2.45, 2.75) is 46.0 Å². The highest BCUT2D eigenvalue weighted by molar-refractivity contribution is 6.01. The lowest BCUT2D eigenvalue weighted by atomic mass is 9.91. The Labute approximate surface area is 102 Å². The van der Waals surface area contributed by atoms with Crippen molar-refractivity contribution >= 4 is 17.5 Å². The van der Waals surface area contributed by atoms with Crippen LogP contribution >= 0.6 is 0 Å². The molecule has 17 heavy (non-hydrogen) atoms. The summed E-state index contributed by atoms with van der Waals surface area (Å²) in [4.78, 5) is 34.8. The molecule has 0 aromatic rings. The van der Waals surface area contributed by atoms with Crippen molar-refractivity contribution < 1.29 is 19.1 Å². The Kier molecular flexibility index (Phi) is 5.32. The van der Waals surface area contributed by atoms with Gasteiger partial charge in [0.2, 0.25) is 0 Å². The second kappa shape index (κ2) is 6.52. The smallest absolute Gasteiger partial charge is 0.316 e. The van der Waals surface area contributed by atoms with Crippen LogP contribution in [0.1, 0.15) is 46.0 Å². The number of ether oxygens (including phenoxy) is 1. The third-order valence-electron chi connectivity index (χ3n) is 3.28. The van der Waals surface area contributed by atoms with E-state index in [0.29, 0.717) is 0 Å². The maximum atomic E-state index is 11.9. The first-order valence-electron chi connectivity index (χ1n) is 6.26. The summed E-state index contributed by atoms with van der Waals surface area (Å²) in [6, 6.07) is 0. The molecule has 0 aromatic heterocycles. The van der Waals surface area contributed by atoms with Crippen molar-refractivity contribution in [2.24, 2.45) is 11.8 Å². The Bertz CT molecular complexity index is 303. The maximum absolute atomic E-state index is 11.9. The molecule has 0 radical (unpaired) electrons. The first-order valence-corrected chi connectivity index (χ1v) is 6.26. The summed E-state index contributed by atoms with van der Waals surface area (Å²) < 4.78 is 4.82. The third kappa shape index (κ3) is 3.95. The van der Waals surface area contributed by atoms with Crippen LogP contribution in [0.15, 0.2) is 0 Å². The Balaban J connectivity index is 2.56. The molecule has 0 aliphatic heterocycles. The molecule has 0 heterocycles. The van der Waals surface area contributed by atoms with E-state index in [4.69, 9.17) is 4.74 Å². The van der Waals surface area contributed by atoms with Gasteiger partial charge in [0.15, 0.2) is 0 Å². The number of hydrogen-bond donors (Lipinski definition) is 0. The predicted octanol–water partition coefficient (Wildman–Crippen LogP) is 1.90.